The lowest BCUT2D eigenvalue weighted by molar-refractivity contribution is -0.143. The van der Waals surface area contributed by atoms with Crippen molar-refractivity contribution in [1.29, 1.82) is 0 Å². The zero-order valence-electron chi connectivity index (χ0n) is 16.8. The van der Waals surface area contributed by atoms with Crippen molar-refractivity contribution in [2.45, 2.75) is 57.5 Å². The van der Waals surface area contributed by atoms with E-state index in [1.165, 1.54) is 38.8 Å². The van der Waals surface area contributed by atoms with E-state index >= 15 is 0 Å². The Kier molecular flexibility index (Phi) is 7.13. The Bertz CT molecular complexity index is 598. The van der Waals surface area contributed by atoms with Gasteiger partial charge in [-0.3, -0.25) is 9.69 Å². The summed E-state index contributed by atoms with van der Waals surface area (Å²) in [5, 5.41) is 3.03. The second kappa shape index (κ2) is 9.56. The van der Waals surface area contributed by atoms with Crippen molar-refractivity contribution in [3.63, 3.8) is 0 Å². The van der Waals surface area contributed by atoms with Crippen LogP contribution in [0.15, 0.2) is 24.3 Å². The average molecular weight is 375 g/mol. The predicted molar refractivity (Wildman–Crippen MR) is 108 cm³/mol. The quantitative estimate of drug-likeness (QED) is 0.781. The lowest BCUT2D eigenvalue weighted by Crippen LogP contribution is -2.47. The molecule has 2 atom stereocenters. The van der Waals surface area contributed by atoms with Crippen molar-refractivity contribution in [1.82, 2.24) is 4.90 Å². The van der Waals surface area contributed by atoms with E-state index in [1.807, 2.05) is 24.3 Å². The van der Waals surface area contributed by atoms with Gasteiger partial charge >= 0.3 is 0 Å². The number of rotatable bonds is 7. The maximum atomic E-state index is 12.8. The van der Waals surface area contributed by atoms with Gasteiger partial charge in [-0.25, -0.2) is 0 Å². The van der Waals surface area contributed by atoms with E-state index in [1.54, 1.807) is 7.11 Å². The third-order valence-electron chi connectivity index (χ3n) is 6.00. The largest absolute Gasteiger partial charge is 0.492 e. The highest BCUT2D eigenvalue weighted by Gasteiger charge is 2.41. The van der Waals surface area contributed by atoms with Crippen LogP contribution in [0.3, 0.4) is 0 Å². The minimum absolute atomic E-state index is 0.0321. The summed E-state index contributed by atoms with van der Waals surface area (Å²) >= 11 is 0. The van der Waals surface area contributed by atoms with Crippen LogP contribution in [0.4, 0.5) is 5.69 Å². The van der Waals surface area contributed by atoms with Crippen LogP contribution in [0, 0.1) is 5.92 Å². The number of amides is 1. The summed E-state index contributed by atoms with van der Waals surface area (Å²) in [7, 11) is 1.65. The van der Waals surface area contributed by atoms with Crippen molar-refractivity contribution in [3.8, 4) is 5.75 Å². The molecule has 0 bridgehead atoms. The molecule has 5 heteroatoms. The van der Waals surface area contributed by atoms with Crippen LogP contribution >= 0.6 is 0 Å². The molecule has 1 N–H and O–H groups in total. The fourth-order valence-electron chi connectivity index (χ4n) is 4.34. The molecule has 1 saturated heterocycles. The number of carbonyl (C=O) groups is 1. The first-order valence-corrected chi connectivity index (χ1v) is 10.4. The molecule has 1 aromatic rings. The lowest BCUT2D eigenvalue weighted by Gasteiger charge is -2.37. The van der Waals surface area contributed by atoms with Gasteiger partial charge in [0.1, 0.15) is 18.0 Å². The number of ether oxygens (including phenoxy) is 2. The summed E-state index contributed by atoms with van der Waals surface area (Å²) in [6.45, 7) is 6.25. The number of hydrogen-bond donors (Lipinski definition) is 1. The van der Waals surface area contributed by atoms with Gasteiger partial charge in [-0.05, 0) is 75.4 Å². The number of anilines is 1. The molecular formula is C22H34N2O3. The average Bonchev–Trinajstić information content (AvgIpc) is 2.70. The summed E-state index contributed by atoms with van der Waals surface area (Å²) < 4.78 is 11.5. The van der Waals surface area contributed by atoms with Gasteiger partial charge in [0, 0.05) is 19.3 Å². The molecule has 1 aliphatic carbocycles. The molecule has 1 aromatic carbocycles. The first kappa shape index (κ1) is 20.2. The third kappa shape index (κ3) is 5.45. The van der Waals surface area contributed by atoms with E-state index in [-0.39, 0.29) is 5.91 Å². The summed E-state index contributed by atoms with van der Waals surface area (Å²) in [6, 6.07) is 7.66. The molecule has 0 unspecified atom stereocenters. The number of methoxy groups -OCH3 is 1. The Labute approximate surface area is 163 Å². The summed E-state index contributed by atoms with van der Waals surface area (Å²) in [5.74, 6) is 1.33. The first-order chi connectivity index (χ1) is 13.1. The topological polar surface area (TPSA) is 50.8 Å². The van der Waals surface area contributed by atoms with Gasteiger partial charge in [0.2, 0.25) is 0 Å². The molecule has 2 fully saturated rings. The predicted octanol–water partition coefficient (Wildman–Crippen LogP) is 4.09. The van der Waals surface area contributed by atoms with Crippen molar-refractivity contribution in [3.05, 3.63) is 24.3 Å². The van der Waals surface area contributed by atoms with E-state index in [2.05, 4.69) is 17.1 Å². The van der Waals surface area contributed by atoms with Crippen molar-refractivity contribution >= 4 is 11.6 Å². The summed E-state index contributed by atoms with van der Waals surface area (Å²) in [4.78, 5) is 15.3. The SMILES string of the molecule is CO[C@]1(C(=O)Nc2ccc(OCCN3CCCCC3)cc2)CCC[C@@H](C)C1. The number of nitrogens with zero attached hydrogens (tertiary/aromatic N) is 1. The van der Waals surface area contributed by atoms with Gasteiger partial charge in [0.15, 0.2) is 0 Å². The van der Waals surface area contributed by atoms with Crippen LogP contribution in [0.1, 0.15) is 51.9 Å². The highest BCUT2D eigenvalue weighted by molar-refractivity contribution is 5.97. The Morgan fingerprint density at radius 1 is 1.19 bits per heavy atom. The Balaban J connectivity index is 1.48. The highest BCUT2D eigenvalue weighted by Crippen LogP contribution is 2.35. The van der Waals surface area contributed by atoms with Crippen LogP contribution in [0.5, 0.6) is 5.75 Å². The zero-order chi connectivity index (χ0) is 19.1. The van der Waals surface area contributed by atoms with Gasteiger partial charge in [-0.1, -0.05) is 19.8 Å². The minimum Gasteiger partial charge on any atom is -0.492 e. The van der Waals surface area contributed by atoms with Crippen LogP contribution in [-0.2, 0) is 9.53 Å². The van der Waals surface area contributed by atoms with E-state index in [0.29, 0.717) is 12.5 Å². The lowest BCUT2D eigenvalue weighted by atomic mass is 9.78. The number of piperidine rings is 1. The molecule has 150 valence electrons. The van der Waals surface area contributed by atoms with Gasteiger partial charge < -0.3 is 14.8 Å². The van der Waals surface area contributed by atoms with Crippen molar-refractivity contribution in [2.75, 3.05) is 38.7 Å². The first-order valence-electron chi connectivity index (χ1n) is 10.4. The third-order valence-corrected chi connectivity index (χ3v) is 6.00. The van der Waals surface area contributed by atoms with Gasteiger partial charge in [-0.2, -0.15) is 0 Å². The van der Waals surface area contributed by atoms with E-state index in [9.17, 15) is 4.79 Å². The second-order valence-corrected chi connectivity index (χ2v) is 8.13. The van der Waals surface area contributed by atoms with Gasteiger partial charge in [-0.15, -0.1) is 0 Å². The summed E-state index contributed by atoms with van der Waals surface area (Å²) in [5.41, 5.74) is 0.0967. The van der Waals surface area contributed by atoms with Gasteiger partial charge in [0.05, 0.1) is 0 Å². The maximum absolute atomic E-state index is 12.8. The molecule has 2 aliphatic rings. The molecule has 1 aliphatic heterocycles. The zero-order valence-corrected chi connectivity index (χ0v) is 16.8. The molecule has 1 saturated carbocycles. The number of hydrogen-bond acceptors (Lipinski definition) is 4. The molecular weight excluding hydrogens is 340 g/mol. The van der Waals surface area contributed by atoms with Crippen LogP contribution < -0.4 is 10.1 Å². The van der Waals surface area contributed by atoms with Crippen LogP contribution in [0.2, 0.25) is 0 Å². The van der Waals surface area contributed by atoms with E-state index in [0.717, 1.165) is 37.2 Å². The molecule has 0 spiro atoms. The molecule has 0 aromatic heterocycles. The van der Waals surface area contributed by atoms with Crippen molar-refractivity contribution < 1.29 is 14.3 Å². The Morgan fingerprint density at radius 2 is 1.93 bits per heavy atom. The normalized spacial score (nSPS) is 26.5. The fraction of sp³-hybridized carbons (Fsp3) is 0.682. The molecule has 3 rings (SSSR count). The smallest absolute Gasteiger partial charge is 0.256 e. The Morgan fingerprint density at radius 3 is 2.59 bits per heavy atom. The number of carbonyl (C=O) groups excluding carboxylic acids is 1. The minimum atomic E-state index is -0.693. The maximum Gasteiger partial charge on any atom is 0.256 e. The molecule has 5 nitrogen and oxygen atoms in total. The monoisotopic (exact) mass is 374 g/mol. The molecule has 1 heterocycles. The number of nitrogens with one attached hydrogen (secondary N) is 1. The number of likely N-dealkylation sites (tertiary alicyclic amines) is 1. The van der Waals surface area contributed by atoms with Crippen LogP contribution in [-0.4, -0.2) is 49.8 Å². The number of benzene rings is 1. The van der Waals surface area contributed by atoms with E-state index < -0.39 is 5.60 Å². The van der Waals surface area contributed by atoms with Crippen molar-refractivity contribution in [2.24, 2.45) is 5.92 Å². The molecule has 27 heavy (non-hydrogen) atoms. The standard InChI is InChI=1S/C22H34N2O3/c1-18-7-6-12-22(17-18,26-2)21(25)23-19-8-10-20(11-9-19)27-16-15-24-13-4-3-5-14-24/h8-11,18H,3-7,12-17H2,1-2H3,(H,23,25)/t18-,22-/m1/s1. The summed E-state index contributed by atoms with van der Waals surface area (Å²) in [6.07, 6.45) is 7.73. The fourth-order valence-corrected chi connectivity index (χ4v) is 4.34. The van der Waals surface area contributed by atoms with Crippen LogP contribution in [0.25, 0.3) is 0 Å². The van der Waals surface area contributed by atoms with Gasteiger partial charge in [0.25, 0.3) is 5.91 Å². The molecule has 0 radical (unpaired) electrons. The second-order valence-electron chi connectivity index (χ2n) is 8.13. The molecule has 1 amide bonds. The highest BCUT2D eigenvalue weighted by atomic mass is 16.5. The van der Waals surface area contributed by atoms with E-state index in [4.69, 9.17) is 9.47 Å². The Hall–Kier alpha value is -1.59.